The highest BCUT2D eigenvalue weighted by atomic mass is 32.2. The first-order chi connectivity index (χ1) is 18.2. The van der Waals surface area contributed by atoms with Gasteiger partial charge in [0.05, 0.1) is 18.0 Å². The van der Waals surface area contributed by atoms with Gasteiger partial charge >= 0.3 is 0 Å². The number of unbranched alkanes of at least 4 members (excludes halogenated alkanes) is 1. The highest BCUT2D eigenvalue weighted by Gasteiger charge is 2.31. The molecule has 0 amide bonds. The molecule has 0 unspecified atom stereocenters. The molecule has 38 heavy (non-hydrogen) atoms. The highest BCUT2D eigenvalue weighted by molar-refractivity contribution is 7.91. The SMILES string of the molecule is CCCCc1nc(=O)c(S(=O)(=O)c2ccc(-c3ccc(OC)nc3C)cc2)c(O)n1[C@@H](C)c1ccccc1. The zero-order valence-electron chi connectivity index (χ0n) is 21.9. The van der Waals surface area contributed by atoms with Crippen LogP contribution in [0.1, 0.15) is 49.8 Å². The van der Waals surface area contributed by atoms with E-state index in [0.717, 1.165) is 35.2 Å². The van der Waals surface area contributed by atoms with E-state index in [-0.39, 0.29) is 4.90 Å². The number of benzene rings is 2. The Bertz CT molecular complexity index is 1600. The molecular formula is C29H31N3O5S. The second-order valence-corrected chi connectivity index (χ2v) is 10.9. The highest BCUT2D eigenvalue weighted by Crippen LogP contribution is 2.33. The van der Waals surface area contributed by atoms with Gasteiger partial charge in [-0.2, -0.15) is 4.98 Å². The third-order valence-electron chi connectivity index (χ3n) is 6.57. The van der Waals surface area contributed by atoms with Gasteiger partial charge < -0.3 is 9.84 Å². The van der Waals surface area contributed by atoms with E-state index in [1.807, 2.05) is 57.2 Å². The molecule has 4 rings (SSSR count). The standard InChI is InChI=1S/C29H31N3O5S/c1-5-6-12-25-31-28(33)27(29(34)32(25)20(3)21-10-8-7-9-11-21)38(35,36)23-15-13-22(14-16-23)24-17-18-26(37-4)30-19(24)2/h7-11,13-18,20,34H,5-6,12H2,1-4H3/t20-/m0/s1. The van der Waals surface area contributed by atoms with Gasteiger partial charge in [-0.25, -0.2) is 13.4 Å². The molecule has 0 aliphatic rings. The van der Waals surface area contributed by atoms with Crippen molar-refractivity contribution in [3.8, 4) is 22.9 Å². The number of aryl methyl sites for hydroxylation is 2. The molecular weight excluding hydrogens is 502 g/mol. The van der Waals surface area contributed by atoms with E-state index >= 15 is 0 Å². The summed E-state index contributed by atoms with van der Waals surface area (Å²) in [4.78, 5) is 20.7. The van der Waals surface area contributed by atoms with Crippen LogP contribution in [-0.4, -0.2) is 35.2 Å². The molecule has 4 aromatic rings. The first-order valence-electron chi connectivity index (χ1n) is 12.5. The van der Waals surface area contributed by atoms with E-state index in [1.165, 1.54) is 23.8 Å². The molecule has 0 aliphatic heterocycles. The third-order valence-corrected chi connectivity index (χ3v) is 8.36. The second kappa shape index (κ2) is 11.2. The summed E-state index contributed by atoms with van der Waals surface area (Å²) >= 11 is 0. The van der Waals surface area contributed by atoms with Crippen LogP contribution in [0.15, 0.2) is 81.3 Å². The normalized spacial score (nSPS) is 12.3. The number of aromatic hydroxyl groups is 1. The van der Waals surface area contributed by atoms with Gasteiger partial charge in [-0.05, 0) is 49.6 Å². The van der Waals surface area contributed by atoms with Crippen molar-refractivity contribution >= 4 is 9.84 Å². The van der Waals surface area contributed by atoms with Crippen molar-refractivity contribution in [2.24, 2.45) is 0 Å². The number of methoxy groups -OCH3 is 1. The van der Waals surface area contributed by atoms with Crippen LogP contribution in [0.4, 0.5) is 0 Å². The number of aromatic nitrogens is 3. The zero-order valence-corrected chi connectivity index (χ0v) is 22.7. The van der Waals surface area contributed by atoms with Crippen molar-refractivity contribution < 1.29 is 18.3 Å². The van der Waals surface area contributed by atoms with E-state index < -0.39 is 32.2 Å². The summed E-state index contributed by atoms with van der Waals surface area (Å²) in [5, 5.41) is 11.3. The van der Waals surface area contributed by atoms with Crippen LogP contribution < -0.4 is 10.3 Å². The van der Waals surface area contributed by atoms with Gasteiger partial charge in [0.2, 0.25) is 21.6 Å². The molecule has 9 heteroatoms. The van der Waals surface area contributed by atoms with Gasteiger partial charge in [0.15, 0.2) is 4.90 Å². The van der Waals surface area contributed by atoms with Crippen molar-refractivity contribution in [2.45, 2.75) is 55.9 Å². The summed E-state index contributed by atoms with van der Waals surface area (Å²) in [6, 6.07) is 18.6. The molecule has 0 saturated heterocycles. The van der Waals surface area contributed by atoms with E-state index in [2.05, 4.69) is 9.97 Å². The predicted molar refractivity (Wildman–Crippen MR) is 145 cm³/mol. The molecule has 0 aliphatic carbocycles. The lowest BCUT2D eigenvalue weighted by Gasteiger charge is -2.23. The fourth-order valence-corrected chi connectivity index (χ4v) is 5.82. The minimum Gasteiger partial charge on any atom is -0.493 e. The van der Waals surface area contributed by atoms with Crippen molar-refractivity contribution in [1.29, 1.82) is 0 Å². The Morgan fingerprint density at radius 1 is 1.00 bits per heavy atom. The van der Waals surface area contributed by atoms with Crippen LogP contribution in [0.25, 0.3) is 11.1 Å². The van der Waals surface area contributed by atoms with Crippen LogP contribution >= 0.6 is 0 Å². The first-order valence-corrected chi connectivity index (χ1v) is 13.9. The summed E-state index contributed by atoms with van der Waals surface area (Å²) in [5.41, 5.74) is 2.18. The van der Waals surface area contributed by atoms with Crippen LogP contribution in [0.2, 0.25) is 0 Å². The van der Waals surface area contributed by atoms with Crippen LogP contribution in [0.3, 0.4) is 0 Å². The van der Waals surface area contributed by atoms with E-state index in [9.17, 15) is 18.3 Å². The minimum absolute atomic E-state index is 0.116. The third kappa shape index (κ3) is 5.19. The smallest absolute Gasteiger partial charge is 0.296 e. The maximum absolute atomic E-state index is 13.7. The molecule has 2 aromatic carbocycles. The molecule has 0 bridgehead atoms. The molecule has 2 heterocycles. The topological polar surface area (TPSA) is 111 Å². The Hall–Kier alpha value is -3.98. The first kappa shape index (κ1) is 27.1. The zero-order chi connectivity index (χ0) is 27.4. The van der Waals surface area contributed by atoms with Crippen LogP contribution in [-0.2, 0) is 16.3 Å². The summed E-state index contributed by atoms with van der Waals surface area (Å²) in [6.45, 7) is 5.69. The van der Waals surface area contributed by atoms with Gasteiger partial charge in [-0.1, -0.05) is 55.8 Å². The number of ether oxygens (including phenoxy) is 1. The van der Waals surface area contributed by atoms with E-state index in [0.29, 0.717) is 18.1 Å². The Labute approximate surface area is 222 Å². The van der Waals surface area contributed by atoms with Crippen molar-refractivity contribution in [2.75, 3.05) is 7.11 Å². The van der Waals surface area contributed by atoms with Crippen LogP contribution in [0, 0.1) is 6.92 Å². The predicted octanol–water partition coefficient (Wildman–Crippen LogP) is 5.11. The molecule has 0 spiro atoms. The number of nitrogens with zero attached hydrogens (tertiary/aromatic N) is 3. The lowest BCUT2D eigenvalue weighted by molar-refractivity contribution is 0.369. The number of rotatable bonds is 9. The molecule has 0 fully saturated rings. The largest absolute Gasteiger partial charge is 0.493 e. The minimum atomic E-state index is -4.38. The molecule has 1 N–H and O–H groups in total. The average molecular weight is 534 g/mol. The summed E-state index contributed by atoms with van der Waals surface area (Å²) in [5.74, 6) is 0.228. The van der Waals surface area contributed by atoms with Crippen LogP contribution in [0.5, 0.6) is 11.8 Å². The maximum Gasteiger partial charge on any atom is 0.296 e. The molecule has 0 radical (unpaired) electrons. The molecule has 1 atom stereocenters. The van der Waals surface area contributed by atoms with Crippen molar-refractivity contribution in [3.63, 3.8) is 0 Å². The number of hydrogen-bond acceptors (Lipinski definition) is 7. The van der Waals surface area contributed by atoms with Gasteiger partial charge in [-0.3, -0.25) is 9.36 Å². The van der Waals surface area contributed by atoms with Crippen molar-refractivity contribution in [1.82, 2.24) is 14.5 Å². The Kier molecular flexibility index (Phi) is 7.97. The quantitative estimate of drug-likeness (QED) is 0.318. The summed E-state index contributed by atoms with van der Waals surface area (Å²) in [7, 11) is -2.84. The van der Waals surface area contributed by atoms with Gasteiger partial charge in [-0.15, -0.1) is 0 Å². The number of hydrogen-bond donors (Lipinski definition) is 1. The average Bonchev–Trinajstić information content (AvgIpc) is 2.91. The van der Waals surface area contributed by atoms with Gasteiger partial charge in [0.25, 0.3) is 5.56 Å². The second-order valence-electron chi connectivity index (χ2n) is 9.06. The van der Waals surface area contributed by atoms with Gasteiger partial charge in [0, 0.05) is 23.7 Å². The summed E-state index contributed by atoms with van der Waals surface area (Å²) in [6.07, 6.45) is 2.02. The Morgan fingerprint density at radius 3 is 2.29 bits per heavy atom. The van der Waals surface area contributed by atoms with E-state index in [1.54, 1.807) is 18.2 Å². The Balaban J connectivity index is 1.81. The fourth-order valence-electron chi connectivity index (χ4n) is 4.47. The molecule has 8 nitrogen and oxygen atoms in total. The number of sulfone groups is 1. The molecule has 0 saturated carbocycles. The lowest BCUT2D eigenvalue weighted by Crippen LogP contribution is -2.27. The molecule has 2 aromatic heterocycles. The fraction of sp³-hybridized carbons (Fsp3) is 0.276. The number of pyridine rings is 1. The van der Waals surface area contributed by atoms with Crippen molar-refractivity contribution in [3.05, 3.63) is 94.2 Å². The van der Waals surface area contributed by atoms with Gasteiger partial charge in [0.1, 0.15) is 5.82 Å². The van der Waals surface area contributed by atoms with E-state index in [4.69, 9.17) is 4.74 Å². The summed E-state index contributed by atoms with van der Waals surface area (Å²) < 4.78 is 33.9. The maximum atomic E-state index is 13.7. The molecule has 198 valence electrons. The monoisotopic (exact) mass is 533 g/mol. The lowest BCUT2D eigenvalue weighted by atomic mass is 10.0. The Morgan fingerprint density at radius 2 is 1.68 bits per heavy atom.